The minimum atomic E-state index is -2.64. The maximum atomic E-state index is 13.5. The molecule has 2 fully saturated rings. The van der Waals surface area contributed by atoms with Gasteiger partial charge in [0, 0.05) is 12.3 Å². The molecule has 2 aromatic heterocycles. The van der Waals surface area contributed by atoms with Crippen molar-refractivity contribution >= 4 is 28.9 Å². The summed E-state index contributed by atoms with van der Waals surface area (Å²) >= 11 is 0. The second-order valence-electron chi connectivity index (χ2n) is 6.46. The summed E-state index contributed by atoms with van der Waals surface area (Å²) in [5, 5.41) is 0. The number of esters is 1. The molecule has 0 amide bonds. The first-order valence-electron chi connectivity index (χ1n) is 7.65. The number of alkyl halides is 2. The summed E-state index contributed by atoms with van der Waals surface area (Å²) < 4.78 is 32.3. The van der Waals surface area contributed by atoms with Crippen LogP contribution in [0.1, 0.15) is 25.1 Å². The summed E-state index contributed by atoms with van der Waals surface area (Å²) in [4.78, 5) is 26.9. The predicted molar refractivity (Wildman–Crippen MR) is 79.6 cm³/mol. The Balaban J connectivity index is 1.43. The van der Waals surface area contributed by atoms with Crippen LogP contribution in [0.5, 0.6) is 0 Å². The van der Waals surface area contributed by atoms with Crippen molar-refractivity contribution in [1.29, 1.82) is 0 Å². The molecule has 2 heterocycles. The van der Waals surface area contributed by atoms with Crippen LogP contribution in [0, 0.1) is 17.8 Å². The number of carbonyl (C=O) groups excluding carboxylic acids is 1. The van der Waals surface area contributed by atoms with Gasteiger partial charge in [-0.25, -0.2) is 13.8 Å². The van der Waals surface area contributed by atoms with Crippen molar-refractivity contribution in [3.63, 3.8) is 0 Å². The first-order chi connectivity index (χ1) is 11.3. The van der Waals surface area contributed by atoms with E-state index < -0.39 is 23.7 Å². The SMILES string of the molecule is Nc1nc(N)c2[nH]c(COC(=O)[C@@H]3C[C@H]4C[C@@H]3CC4(F)F)nc2n1. The van der Waals surface area contributed by atoms with Crippen LogP contribution in [0.25, 0.3) is 11.2 Å². The average molecular weight is 338 g/mol. The molecule has 8 nitrogen and oxygen atoms in total. The molecule has 2 aromatic rings. The largest absolute Gasteiger partial charge is 0.457 e. The number of hydrogen-bond acceptors (Lipinski definition) is 7. The lowest BCUT2D eigenvalue weighted by Crippen LogP contribution is -2.32. The van der Waals surface area contributed by atoms with E-state index in [1.165, 1.54) is 0 Å². The maximum absolute atomic E-state index is 13.5. The van der Waals surface area contributed by atoms with Crippen molar-refractivity contribution in [3.05, 3.63) is 5.82 Å². The summed E-state index contributed by atoms with van der Waals surface area (Å²) in [5.74, 6) is -4.07. The number of nitrogens with zero attached hydrogens (tertiary/aromatic N) is 3. The molecule has 2 bridgehead atoms. The molecular formula is C14H16F2N6O2. The molecule has 2 aliphatic carbocycles. The van der Waals surface area contributed by atoms with Gasteiger partial charge in [-0.1, -0.05) is 0 Å². The first-order valence-corrected chi connectivity index (χ1v) is 7.65. The van der Waals surface area contributed by atoms with Crippen molar-refractivity contribution in [2.45, 2.75) is 31.8 Å². The van der Waals surface area contributed by atoms with Crippen LogP contribution in [0.4, 0.5) is 20.5 Å². The molecule has 128 valence electrons. The molecule has 4 rings (SSSR count). The number of H-pyrrole nitrogens is 1. The van der Waals surface area contributed by atoms with Gasteiger partial charge in [0.05, 0.1) is 5.92 Å². The van der Waals surface area contributed by atoms with E-state index in [1.54, 1.807) is 0 Å². The number of nitrogens with one attached hydrogen (secondary N) is 1. The fourth-order valence-corrected chi connectivity index (χ4v) is 3.80. The van der Waals surface area contributed by atoms with Crippen LogP contribution in [0.15, 0.2) is 0 Å². The normalized spacial score (nSPS) is 27.7. The smallest absolute Gasteiger partial charge is 0.309 e. The van der Waals surface area contributed by atoms with E-state index in [4.69, 9.17) is 16.2 Å². The summed E-state index contributed by atoms with van der Waals surface area (Å²) in [6.07, 6.45) is 0.349. The second-order valence-corrected chi connectivity index (χ2v) is 6.46. The lowest BCUT2D eigenvalue weighted by Gasteiger charge is -2.26. The minimum absolute atomic E-state index is 0.00189. The fraction of sp³-hybridized carbons (Fsp3) is 0.571. The van der Waals surface area contributed by atoms with E-state index in [-0.39, 0.29) is 42.8 Å². The third kappa shape index (κ3) is 2.33. The Morgan fingerprint density at radius 2 is 2.08 bits per heavy atom. The van der Waals surface area contributed by atoms with Crippen LogP contribution >= 0.6 is 0 Å². The third-order valence-corrected chi connectivity index (χ3v) is 4.93. The van der Waals surface area contributed by atoms with Crippen molar-refractivity contribution in [2.75, 3.05) is 11.5 Å². The Morgan fingerprint density at radius 3 is 2.75 bits per heavy atom. The minimum Gasteiger partial charge on any atom is -0.457 e. The average Bonchev–Trinajstić information content (AvgIpc) is 3.15. The van der Waals surface area contributed by atoms with E-state index >= 15 is 0 Å². The Bertz CT molecular complexity index is 823. The van der Waals surface area contributed by atoms with Gasteiger partial charge in [0.15, 0.2) is 11.5 Å². The van der Waals surface area contributed by atoms with E-state index in [1.807, 2.05) is 0 Å². The molecule has 0 saturated heterocycles. The van der Waals surface area contributed by atoms with Crippen LogP contribution in [-0.2, 0) is 16.1 Å². The molecular weight excluding hydrogens is 322 g/mol. The summed E-state index contributed by atoms with van der Waals surface area (Å²) in [7, 11) is 0. The van der Waals surface area contributed by atoms with Gasteiger partial charge in [-0.05, 0) is 18.8 Å². The molecule has 0 radical (unpaired) electrons. The summed E-state index contributed by atoms with van der Waals surface area (Å²) in [6, 6.07) is 0. The lowest BCUT2D eigenvalue weighted by atomic mass is 9.87. The molecule has 24 heavy (non-hydrogen) atoms. The van der Waals surface area contributed by atoms with Crippen molar-refractivity contribution in [1.82, 2.24) is 19.9 Å². The Kier molecular flexibility index (Phi) is 3.12. The third-order valence-electron chi connectivity index (χ3n) is 4.93. The second kappa shape index (κ2) is 4.99. The zero-order valence-electron chi connectivity index (χ0n) is 12.6. The highest BCUT2D eigenvalue weighted by Gasteiger charge is 2.58. The van der Waals surface area contributed by atoms with Gasteiger partial charge in [-0.15, -0.1) is 0 Å². The molecule has 2 aliphatic rings. The topological polar surface area (TPSA) is 133 Å². The van der Waals surface area contributed by atoms with Crippen LogP contribution in [-0.4, -0.2) is 31.8 Å². The highest BCUT2D eigenvalue weighted by atomic mass is 19.3. The number of nitrogen functional groups attached to an aromatic ring is 2. The molecule has 0 aliphatic heterocycles. The summed E-state index contributed by atoms with van der Waals surface area (Å²) in [5.41, 5.74) is 11.9. The zero-order chi connectivity index (χ0) is 17.1. The molecule has 10 heteroatoms. The van der Waals surface area contributed by atoms with E-state index in [0.29, 0.717) is 17.8 Å². The van der Waals surface area contributed by atoms with Gasteiger partial charge in [-0.3, -0.25) is 4.79 Å². The lowest BCUT2D eigenvalue weighted by molar-refractivity contribution is -0.155. The number of carbonyl (C=O) groups is 1. The molecule has 5 N–H and O–H groups in total. The van der Waals surface area contributed by atoms with Crippen LogP contribution in [0.2, 0.25) is 0 Å². The Labute approximate surface area is 135 Å². The quantitative estimate of drug-likeness (QED) is 0.717. The van der Waals surface area contributed by atoms with Gasteiger partial charge in [-0.2, -0.15) is 9.97 Å². The number of anilines is 2. The fourth-order valence-electron chi connectivity index (χ4n) is 3.80. The van der Waals surface area contributed by atoms with Gasteiger partial charge in [0.25, 0.3) is 5.92 Å². The number of aromatic nitrogens is 4. The maximum Gasteiger partial charge on any atom is 0.309 e. The molecule has 0 unspecified atom stereocenters. The van der Waals surface area contributed by atoms with Crippen molar-refractivity contribution < 1.29 is 18.3 Å². The summed E-state index contributed by atoms with van der Waals surface area (Å²) in [6.45, 7) is -0.112. The van der Waals surface area contributed by atoms with Gasteiger partial charge >= 0.3 is 5.97 Å². The van der Waals surface area contributed by atoms with E-state index in [9.17, 15) is 13.6 Å². The number of halogens is 2. The van der Waals surface area contributed by atoms with E-state index in [2.05, 4.69) is 19.9 Å². The van der Waals surface area contributed by atoms with Crippen LogP contribution in [0.3, 0.4) is 0 Å². The number of aromatic amines is 1. The van der Waals surface area contributed by atoms with Crippen molar-refractivity contribution in [3.8, 4) is 0 Å². The van der Waals surface area contributed by atoms with Crippen molar-refractivity contribution in [2.24, 2.45) is 17.8 Å². The molecule has 2 saturated carbocycles. The number of nitrogens with two attached hydrogens (primary N) is 2. The van der Waals surface area contributed by atoms with E-state index in [0.717, 1.165) is 0 Å². The number of rotatable bonds is 3. The standard InChI is InChI=1S/C14H16F2N6O2/c15-14(16)3-5-1-6(14)2-7(5)12(23)24-4-8-19-9-10(17)21-13(18)22-11(9)20-8/h5-7H,1-4H2,(H5,17,18,19,20,21,22)/t5-,6-,7-/m1/s1. The molecule has 0 spiro atoms. The van der Waals surface area contributed by atoms with Crippen LogP contribution < -0.4 is 11.5 Å². The first kappa shape index (κ1) is 15.0. The zero-order valence-corrected chi connectivity index (χ0v) is 12.6. The van der Waals surface area contributed by atoms with Gasteiger partial charge < -0.3 is 21.2 Å². The Morgan fingerprint density at radius 1 is 1.29 bits per heavy atom. The highest BCUT2D eigenvalue weighted by molar-refractivity contribution is 5.82. The molecule has 0 aromatic carbocycles. The monoisotopic (exact) mass is 338 g/mol. The van der Waals surface area contributed by atoms with Gasteiger partial charge in [0.2, 0.25) is 5.95 Å². The highest BCUT2D eigenvalue weighted by Crippen LogP contribution is 2.56. The Hall–Kier alpha value is -2.52. The predicted octanol–water partition coefficient (Wildman–Crippen LogP) is 1.24. The number of fused-ring (bicyclic) bond motifs is 3. The number of hydrogen-bond donors (Lipinski definition) is 3. The number of ether oxygens (including phenoxy) is 1. The van der Waals surface area contributed by atoms with Gasteiger partial charge in [0.1, 0.15) is 17.9 Å². The molecule has 3 atom stereocenters. The number of imidazole rings is 1.